The summed E-state index contributed by atoms with van der Waals surface area (Å²) >= 11 is 1.31. The van der Waals surface area contributed by atoms with E-state index in [0.717, 1.165) is 11.1 Å². The molecule has 9 heteroatoms. The van der Waals surface area contributed by atoms with Crippen LogP contribution >= 0.6 is 11.3 Å². The summed E-state index contributed by atoms with van der Waals surface area (Å²) in [6, 6.07) is 15.8. The fraction of sp³-hybridized carbons (Fsp3) is 0.280. The van der Waals surface area contributed by atoms with E-state index in [2.05, 4.69) is 39.9 Å². The van der Waals surface area contributed by atoms with Crippen molar-refractivity contribution in [2.45, 2.75) is 31.7 Å². The van der Waals surface area contributed by atoms with Crippen molar-refractivity contribution < 1.29 is 24.2 Å². The van der Waals surface area contributed by atoms with Crippen LogP contribution in [0.25, 0.3) is 11.1 Å². The summed E-state index contributed by atoms with van der Waals surface area (Å²) in [6.45, 7) is 2.19. The topological polar surface area (TPSA) is 118 Å². The molecule has 176 valence electrons. The Kier molecular flexibility index (Phi) is 7.22. The number of carboxylic acid groups (broad SMARTS) is 1. The normalized spacial score (nSPS) is 13.0. The van der Waals surface area contributed by atoms with E-state index >= 15 is 0 Å². The monoisotopic (exact) mass is 479 g/mol. The first-order chi connectivity index (χ1) is 16.4. The lowest BCUT2D eigenvalue weighted by molar-refractivity contribution is -0.137. The Morgan fingerprint density at radius 3 is 2.38 bits per heavy atom. The summed E-state index contributed by atoms with van der Waals surface area (Å²) in [7, 11) is 0. The molecule has 1 aliphatic carbocycles. The van der Waals surface area contributed by atoms with Crippen LogP contribution in [0, 0.1) is 0 Å². The van der Waals surface area contributed by atoms with Crippen molar-refractivity contribution in [3.8, 4) is 11.1 Å². The molecule has 0 aliphatic heterocycles. The molecular weight excluding hydrogens is 454 g/mol. The summed E-state index contributed by atoms with van der Waals surface area (Å²) in [5, 5.41) is 16.4. The number of carbonyl (C=O) groups is 3. The van der Waals surface area contributed by atoms with Gasteiger partial charge in [0, 0.05) is 30.3 Å². The van der Waals surface area contributed by atoms with Gasteiger partial charge in [-0.05, 0) is 29.2 Å². The van der Waals surface area contributed by atoms with Gasteiger partial charge in [-0.25, -0.2) is 9.78 Å². The smallest absolute Gasteiger partial charge is 0.407 e. The summed E-state index contributed by atoms with van der Waals surface area (Å²) in [4.78, 5) is 39.4. The number of hydrogen-bond acceptors (Lipinski definition) is 6. The van der Waals surface area contributed by atoms with Gasteiger partial charge in [-0.3, -0.25) is 9.59 Å². The molecule has 34 heavy (non-hydrogen) atoms. The number of rotatable bonds is 9. The maximum absolute atomic E-state index is 12.3. The van der Waals surface area contributed by atoms with E-state index in [1.54, 1.807) is 12.3 Å². The molecule has 0 fully saturated rings. The maximum Gasteiger partial charge on any atom is 0.407 e. The summed E-state index contributed by atoms with van der Waals surface area (Å²) in [6.07, 6.45) is -0.210. The quantitative estimate of drug-likeness (QED) is 0.430. The Labute approximate surface area is 201 Å². The molecular formula is C25H25N3O5S. The van der Waals surface area contributed by atoms with Gasteiger partial charge >= 0.3 is 12.1 Å². The zero-order valence-electron chi connectivity index (χ0n) is 18.6. The van der Waals surface area contributed by atoms with E-state index < -0.39 is 24.0 Å². The number of amides is 2. The standard InChI is InChI=1S/C25H25N3O5S/c1-15(12-23(29)30)27-24(31)21-14-34-22(28-21)10-11-26-25(32)33-13-20-18-8-4-2-6-16(18)17-7-3-5-9-19(17)20/h2-9,14-15,20H,10-13H2,1H3,(H,26,32)(H,27,31)(H,29,30)/t15-/m0/s1. The molecule has 1 aromatic heterocycles. The lowest BCUT2D eigenvalue weighted by Gasteiger charge is -2.14. The summed E-state index contributed by atoms with van der Waals surface area (Å²) < 4.78 is 5.52. The van der Waals surface area contributed by atoms with Crippen LogP contribution in [-0.2, 0) is 16.0 Å². The van der Waals surface area contributed by atoms with Crippen LogP contribution in [0.1, 0.15) is 45.9 Å². The molecule has 0 unspecified atom stereocenters. The van der Waals surface area contributed by atoms with Crippen LogP contribution in [0.3, 0.4) is 0 Å². The fourth-order valence-electron chi connectivity index (χ4n) is 4.06. The zero-order chi connectivity index (χ0) is 24.1. The second kappa shape index (κ2) is 10.5. The number of benzene rings is 2. The number of alkyl carbamates (subject to hydrolysis) is 1. The van der Waals surface area contributed by atoms with E-state index in [9.17, 15) is 14.4 Å². The first-order valence-electron chi connectivity index (χ1n) is 11.0. The molecule has 8 nitrogen and oxygen atoms in total. The second-order valence-corrected chi connectivity index (χ2v) is 9.04. The highest BCUT2D eigenvalue weighted by Crippen LogP contribution is 2.44. The number of carboxylic acids is 1. The molecule has 0 spiro atoms. The van der Waals surface area contributed by atoms with E-state index in [0.29, 0.717) is 18.0 Å². The number of fused-ring (bicyclic) bond motifs is 3. The molecule has 0 radical (unpaired) electrons. The highest BCUT2D eigenvalue weighted by Gasteiger charge is 2.29. The van der Waals surface area contributed by atoms with Gasteiger partial charge in [-0.2, -0.15) is 0 Å². The number of carbonyl (C=O) groups excluding carboxylic acids is 2. The minimum absolute atomic E-state index is 0.00158. The van der Waals surface area contributed by atoms with Crippen molar-refractivity contribution in [3.63, 3.8) is 0 Å². The number of aliphatic carboxylic acids is 1. The highest BCUT2D eigenvalue weighted by molar-refractivity contribution is 7.09. The number of thiazole rings is 1. The van der Waals surface area contributed by atoms with Gasteiger partial charge in [0.1, 0.15) is 12.3 Å². The first-order valence-corrected chi connectivity index (χ1v) is 11.9. The molecule has 1 aliphatic rings. The van der Waals surface area contributed by atoms with Crippen LogP contribution in [0.15, 0.2) is 53.9 Å². The predicted octanol–water partition coefficient (Wildman–Crippen LogP) is 3.82. The largest absolute Gasteiger partial charge is 0.481 e. The van der Waals surface area contributed by atoms with E-state index in [4.69, 9.17) is 9.84 Å². The van der Waals surface area contributed by atoms with Crippen molar-refractivity contribution in [2.75, 3.05) is 13.2 Å². The van der Waals surface area contributed by atoms with Crippen LogP contribution < -0.4 is 10.6 Å². The Balaban J connectivity index is 1.24. The van der Waals surface area contributed by atoms with Crippen molar-refractivity contribution in [2.24, 2.45) is 0 Å². The molecule has 3 aromatic rings. The predicted molar refractivity (Wildman–Crippen MR) is 128 cm³/mol. The van der Waals surface area contributed by atoms with Gasteiger partial charge in [0.25, 0.3) is 5.91 Å². The number of aromatic nitrogens is 1. The van der Waals surface area contributed by atoms with Crippen LogP contribution in [-0.4, -0.2) is 47.3 Å². The lowest BCUT2D eigenvalue weighted by Crippen LogP contribution is -2.34. The lowest BCUT2D eigenvalue weighted by atomic mass is 9.98. The molecule has 1 atom stereocenters. The third kappa shape index (κ3) is 5.43. The number of ether oxygens (including phenoxy) is 1. The van der Waals surface area contributed by atoms with Crippen LogP contribution in [0.5, 0.6) is 0 Å². The highest BCUT2D eigenvalue weighted by atomic mass is 32.1. The van der Waals surface area contributed by atoms with Crippen molar-refractivity contribution >= 4 is 29.3 Å². The van der Waals surface area contributed by atoms with E-state index in [1.807, 2.05) is 24.3 Å². The molecule has 1 heterocycles. The third-order valence-electron chi connectivity index (χ3n) is 5.59. The van der Waals surface area contributed by atoms with Crippen LogP contribution in [0.4, 0.5) is 4.79 Å². The Morgan fingerprint density at radius 1 is 1.09 bits per heavy atom. The number of nitrogens with zero attached hydrogens (tertiary/aromatic N) is 1. The van der Waals surface area contributed by atoms with Crippen molar-refractivity contribution in [1.29, 1.82) is 0 Å². The number of hydrogen-bond donors (Lipinski definition) is 3. The van der Waals surface area contributed by atoms with Gasteiger partial charge in [0.05, 0.1) is 11.4 Å². The molecule has 0 saturated heterocycles. The van der Waals surface area contributed by atoms with Gasteiger partial charge in [-0.1, -0.05) is 48.5 Å². The summed E-state index contributed by atoms with van der Waals surface area (Å²) in [5.74, 6) is -1.39. The second-order valence-electron chi connectivity index (χ2n) is 8.10. The summed E-state index contributed by atoms with van der Waals surface area (Å²) in [5.41, 5.74) is 4.89. The molecule has 0 bridgehead atoms. The average Bonchev–Trinajstić information content (AvgIpc) is 3.40. The molecule has 0 saturated carbocycles. The maximum atomic E-state index is 12.3. The third-order valence-corrected chi connectivity index (χ3v) is 6.50. The van der Waals surface area contributed by atoms with Crippen molar-refractivity contribution in [3.05, 3.63) is 75.7 Å². The Hall–Kier alpha value is -3.72. The zero-order valence-corrected chi connectivity index (χ0v) is 19.4. The average molecular weight is 480 g/mol. The Bertz CT molecular complexity index is 1160. The van der Waals surface area contributed by atoms with Crippen LogP contribution in [0.2, 0.25) is 0 Å². The van der Waals surface area contributed by atoms with Crippen molar-refractivity contribution in [1.82, 2.24) is 15.6 Å². The van der Waals surface area contributed by atoms with E-state index in [-0.39, 0.29) is 24.6 Å². The van der Waals surface area contributed by atoms with Gasteiger partial charge in [0.2, 0.25) is 0 Å². The van der Waals surface area contributed by atoms with Gasteiger partial charge < -0.3 is 20.5 Å². The van der Waals surface area contributed by atoms with Gasteiger partial charge in [-0.15, -0.1) is 11.3 Å². The van der Waals surface area contributed by atoms with Gasteiger partial charge in [0.15, 0.2) is 0 Å². The minimum Gasteiger partial charge on any atom is -0.481 e. The molecule has 4 rings (SSSR count). The number of nitrogens with one attached hydrogen (secondary N) is 2. The molecule has 2 amide bonds. The minimum atomic E-state index is -0.980. The molecule has 2 aromatic carbocycles. The Morgan fingerprint density at radius 2 is 1.74 bits per heavy atom. The fourth-order valence-corrected chi connectivity index (χ4v) is 4.84. The SMILES string of the molecule is C[C@@H](CC(=O)O)NC(=O)c1csc(CCNC(=O)OCC2c3ccccc3-c3ccccc32)n1. The first kappa shape index (κ1) is 23.4. The van der Waals surface area contributed by atoms with E-state index in [1.165, 1.54) is 22.5 Å². The molecule has 3 N–H and O–H groups in total.